The van der Waals surface area contributed by atoms with Crippen molar-refractivity contribution in [2.75, 3.05) is 20.6 Å². The first kappa shape index (κ1) is 24.4. The standard InChI is InChI=1S/C33H38NO3/c1-34(2,21-11-10-14-23-12-4-3-5-13-23)30-22-24-19-20-27(30)31(24)37-32(35)33(36)28-17-8-6-15-25(28)26-16-7-9-18-29(26)33/h3-9,12-13,15-18,24,27,30-31,36H,10-11,14,19-22H2,1-2H3/q+1. The van der Waals surface area contributed by atoms with Crippen LogP contribution in [0.3, 0.4) is 0 Å². The zero-order valence-corrected chi connectivity index (χ0v) is 22.0. The zero-order chi connectivity index (χ0) is 25.6. The van der Waals surface area contributed by atoms with E-state index < -0.39 is 11.6 Å². The van der Waals surface area contributed by atoms with E-state index in [4.69, 9.17) is 4.74 Å². The molecular formula is C33H38NO3+. The van der Waals surface area contributed by atoms with E-state index in [1.54, 1.807) is 0 Å². The molecular weight excluding hydrogens is 458 g/mol. The predicted molar refractivity (Wildman–Crippen MR) is 146 cm³/mol. The first-order valence-corrected chi connectivity index (χ1v) is 13.9. The lowest BCUT2D eigenvalue weighted by atomic mass is 9.91. The monoisotopic (exact) mass is 496 g/mol. The SMILES string of the molecule is C[N+](C)(CCCCc1ccccc1)C1CC2CCC1C2OC(=O)C1(O)c2ccccc2-c2ccccc21. The molecule has 4 nitrogen and oxygen atoms in total. The molecule has 2 fully saturated rings. The number of nitrogens with zero attached hydrogens (tertiary/aromatic N) is 1. The summed E-state index contributed by atoms with van der Waals surface area (Å²) in [4.78, 5) is 13.8. The molecule has 4 heteroatoms. The van der Waals surface area contributed by atoms with Crippen molar-refractivity contribution in [3.63, 3.8) is 0 Å². The molecule has 0 aromatic heterocycles. The van der Waals surface area contributed by atoms with Gasteiger partial charge in [0.25, 0.3) is 0 Å². The number of quaternary nitrogens is 1. The molecule has 3 aromatic carbocycles. The Morgan fingerprint density at radius 1 is 0.892 bits per heavy atom. The number of rotatable bonds is 8. The summed E-state index contributed by atoms with van der Waals surface area (Å²) in [6.07, 6.45) is 6.70. The van der Waals surface area contributed by atoms with Gasteiger partial charge in [-0.05, 0) is 48.8 Å². The summed E-state index contributed by atoms with van der Waals surface area (Å²) >= 11 is 0. The second-order valence-electron chi connectivity index (χ2n) is 11.9. The highest BCUT2D eigenvalue weighted by molar-refractivity contribution is 5.96. The smallest absolute Gasteiger partial charge is 0.348 e. The Bertz CT molecular complexity index is 1240. The van der Waals surface area contributed by atoms with Crippen molar-refractivity contribution in [3.05, 3.63) is 95.6 Å². The van der Waals surface area contributed by atoms with Gasteiger partial charge < -0.3 is 14.3 Å². The van der Waals surface area contributed by atoms with E-state index in [-0.39, 0.29) is 6.10 Å². The van der Waals surface area contributed by atoms with Crippen molar-refractivity contribution in [1.29, 1.82) is 0 Å². The first-order chi connectivity index (χ1) is 17.9. The van der Waals surface area contributed by atoms with Crippen LogP contribution in [0.15, 0.2) is 78.9 Å². The number of esters is 1. The predicted octanol–water partition coefficient (Wildman–Crippen LogP) is 5.71. The van der Waals surface area contributed by atoms with Crippen LogP contribution in [0.1, 0.15) is 48.8 Å². The third-order valence-corrected chi connectivity index (χ3v) is 9.45. The van der Waals surface area contributed by atoms with Crippen LogP contribution in [0.25, 0.3) is 11.1 Å². The van der Waals surface area contributed by atoms with Crippen LogP contribution in [-0.2, 0) is 21.6 Å². The minimum atomic E-state index is -1.74. The second kappa shape index (κ2) is 9.41. The number of fused-ring (bicyclic) bond motifs is 5. The topological polar surface area (TPSA) is 46.5 Å². The molecule has 3 aromatic rings. The van der Waals surface area contributed by atoms with Crippen LogP contribution in [0.2, 0.25) is 0 Å². The fraction of sp³-hybridized carbons (Fsp3) is 0.424. The zero-order valence-electron chi connectivity index (χ0n) is 22.0. The van der Waals surface area contributed by atoms with Gasteiger partial charge in [-0.25, -0.2) is 4.79 Å². The van der Waals surface area contributed by atoms with E-state index in [1.165, 1.54) is 18.4 Å². The summed E-state index contributed by atoms with van der Waals surface area (Å²) in [6, 6.07) is 26.6. The average molecular weight is 497 g/mol. The molecule has 6 rings (SSSR count). The number of carbonyl (C=O) groups is 1. The molecule has 0 heterocycles. The number of carbonyl (C=O) groups excluding carboxylic acids is 1. The number of ether oxygens (including phenoxy) is 1. The molecule has 0 saturated heterocycles. The molecule has 2 bridgehead atoms. The highest BCUT2D eigenvalue weighted by Gasteiger charge is 2.58. The summed E-state index contributed by atoms with van der Waals surface area (Å²) < 4.78 is 7.28. The van der Waals surface area contributed by atoms with Crippen molar-refractivity contribution >= 4 is 5.97 Å². The third-order valence-electron chi connectivity index (χ3n) is 9.45. The van der Waals surface area contributed by atoms with Gasteiger partial charge in [-0.3, -0.25) is 0 Å². The van der Waals surface area contributed by atoms with Gasteiger partial charge in [0, 0.05) is 29.4 Å². The van der Waals surface area contributed by atoms with Gasteiger partial charge in [-0.1, -0.05) is 78.9 Å². The maximum Gasteiger partial charge on any atom is 0.348 e. The molecule has 37 heavy (non-hydrogen) atoms. The Morgan fingerprint density at radius 3 is 2.19 bits per heavy atom. The van der Waals surface area contributed by atoms with Crippen LogP contribution in [-0.4, -0.2) is 48.3 Å². The summed E-state index contributed by atoms with van der Waals surface area (Å²) in [6.45, 7) is 1.13. The highest BCUT2D eigenvalue weighted by atomic mass is 16.6. The van der Waals surface area contributed by atoms with Gasteiger partial charge in [-0.2, -0.15) is 0 Å². The summed E-state index contributed by atoms with van der Waals surface area (Å²) in [5.41, 5.74) is 2.77. The van der Waals surface area contributed by atoms with Crippen LogP contribution >= 0.6 is 0 Å². The van der Waals surface area contributed by atoms with Gasteiger partial charge in [0.05, 0.1) is 26.7 Å². The summed E-state index contributed by atoms with van der Waals surface area (Å²) in [5.74, 6) is 0.227. The van der Waals surface area contributed by atoms with Gasteiger partial charge in [0.15, 0.2) is 0 Å². The lowest BCUT2D eigenvalue weighted by Gasteiger charge is -2.40. The Balaban J connectivity index is 1.15. The highest BCUT2D eigenvalue weighted by Crippen LogP contribution is 2.52. The van der Waals surface area contributed by atoms with Gasteiger partial charge >= 0.3 is 5.97 Å². The third kappa shape index (κ3) is 4.11. The molecule has 3 aliphatic rings. The molecule has 192 valence electrons. The Hall–Kier alpha value is -2.95. The molecule has 4 atom stereocenters. The molecule has 0 radical (unpaired) electrons. The lowest BCUT2D eigenvalue weighted by Crippen LogP contribution is -2.52. The van der Waals surface area contributed by atoms with Crippen LogP contribution in [0.5, 0.6) is 0 Å². The Labute approximate surface area is 220 Å². The van der Waals surface area contributed by atoms with Crippen LogP contribution in [0.4, 0.5) is 0 Å². The largest absolute Gasteiger partial charge is 0.459 e. The van der Waals surface area contributed by atoms with Crippen molar-refractivity contribution in [2.24, 2.45) is 11.8 Å². The molecule has 2 saturated carbocycles. The van der Waals surface area contributed by atoms with Crippen molar-refractivity contribution in [2.45, 2.75) is 56.3 Å². The quantitative estimate of drug-likeness (QED) is 0.247. The molecule has 3 aliphatic carbocycles. The second-order valence-corrected chi connectivity index (χ2v) is 11.9. The molecule has 0 spiro atoms. The van der Waals surface area contributed by atoms with E-state index in [0.29, 0.717) is 29.0 Å². The number of aryl methyl sites for hydroxylation is 1. The van der Waals surface area contributed by atoms with Crippen molar-refractivity contribution in [3.8, 4) is 11.1 Å². The summed E-state index contributed by atoms with van der Waals surface area (Å²) in [7, 11) is 4.70. The van der Waals surface area contributed by atoms with E-state index >= 15 is 0 Å². The van der Waals surface area contributed by atoms with Crippen LogP contribution < -0.4 is 0 Å². The van der Waals surface area contributed by atoms with E-state index in [0.717, 1.165) is 47.8 Å². The number of benzene rings is 3. The van der Waals surface area contributed by atoms with Gasteiger partial charge in [-0.15, -0.1) is 0 Å². The minimum absolute atomic E-state index is 0.108. The minimum Gasteiger partial charge on any atom is -0.459 e. The molecule has 0 aliphatic heterocycles. The van der Waals surface area contributed by atoms with E-state index in [2.05, 4.69) is 44.4 Å². The van der Waals surface area contributed by atoms with E-state index in [1.807, 2.05) is 48.5 Å². The molecule has 1 N–H and O–H groups in total. The first-order valence-electron chi connectivity index (χ1n) is 13.9. The lowest BCUT2D eigenvalue weighted by molar-refractivity contribution is -0.918. The Morgan fingerprint density at radius 2 is 1.51 bits per heavy atom. The number of unbranched alkanes of at least 4 members (excludes halogenated alkanes) is 1. The maximum absolute atomic E-state index is 13.8. The van der Waals surface area contributed by atoms with Gasteiger partial charge in [0.1, 0.15) is 6.10 Å². The van der Waals surface area contributed by atoms with Crippen molar-refractivity contribution in [1.82, 2.24) is 0 Å². The average Bonchev–Trinajstić information content (AvgIpc) is 3.56. The fourth-order valence-corrected chi connectivity index (χ4v) is 7.52. The fourth-order valence-electron chi connectivity index (χ4n) is 7.52. The normalized spacial score (nSPS) is 25.1. The summed E-state index contributed by atoms with van der Waals surface area (Å²) in [5, 5.41) is 11.9. The van der Waals surface area contributed by atoms with Gasteiger partial charge in [0.2, 0.25) is 5.60 Å². The van der Waals surface area contributed by atoms with Crippen LogP contribution in [0, 0.1) is 11.8 Å². The van der Waals surface area contributed by atoms with Crippen molar-refractivity contribution < 1.29 is 19.1 Å². The van der Waals surface area contributed by atoms with E-state index in [9.17, 15) is 9.90 Å². The number of hydrogen-bond donors (Lipinski definition) is 1. The maximum atomic E-state index is 13.8. The Kier molecular flexibility index (Phi) is 6.21. The number of aliphatic hydroxyl groups is 1. The molecule has 0 amide bonds. The molecule has 4 unspecified atom stereocenters. The number of hydrogen-bond acceptors (Lipinski definition) is 3.